The molecule has 1 aliphatic rings. The number of nitrogens with zero attached hydrogens (tertiary/aromatic N) is 2. The Morgan fingerprint density at radius 3 is 2.58 bits per heavy atom. The van der Waals surface area contributed by atoms with Gasteiger partial charge in [-0.2, -0.15) is 0 Å². The largest absolute Gasteiger partial charge is 0.312 e. The van der Waals surface area contributed by atoms with Gasteiger partial charge in [0.1, 0.15) is 0 Å². The molecule has 0 aromatic rings. The fraction of sp³-hybridized carbons (Fsp3) is 1.00. The molecule has 0 radical (unpaired) electrons. The van der Waals surface area contributed by atoms with Gasteiger partial charge < -0.3 is 10.2 Å². The first-order valence-corrected chi connectivity index (χ1v) is 7.95. The summed E-state index contributed by atoms with van der Waals surface area (Å²) in [5.74, 6) is 0. The van der Waals surface area contributed by atoms with Crippen LogP contribution in [0.1, 0.15) is 53.4 Å². The second kappa shape index (κ2) is 7.61. The predicted molar refractivity (Wildman–Crippen MR) is 84.7 cm³/mol. The monoisotopic (exact) mass is 269 g/mol. The van der Waals surface area contributed by atoms with E-state index in [-0.39, 0.29) is 5.54 Å². The quantitative estimate of drug-likeness (QED) is 0.748. The van der Waals surface area contributed by atoms with Gasteiger partial charge in [-0.05, 0) is 80.6 Å². The summed E-state index contributed by atoms with van der Waals surface area (Å²) in [5, 5.41) is 3.58. The van der Waals surface area contributed by atoms with E-state index in [9.17, 15) is 0 Å². The second-order valence-electron chi connectivity index (χ2n) is 7.42. The number of nitrogens with one attached hydrogen (secondary N) is 1. The van der Waals surface area contributed by atoms with Crippen LogP contribution >= 0.6 is 0 Å². The van der Waals surface area contributed by atoms with E-state index in [2.05, 4.69) is 56.9 Å². The van der Waals surface area contributed by atoms with Gasteiger partial charge in [0, 0.05) is 24.2 Å². The second-order valence-corrected chi connectivity index (χ2v) is 7.42. The summed E-state index contributed by atoms with van der Waals surface area (Å²) in [7, 11) is 4.43. The van der Waals surface area contributed by atoms with E-state index in [1.165, 1.54) is 38.8 Å². The van der Waals surface area contributed by atoms with Gasteiger partial charge in [-0.25, -0.2) is 0 Å². The number of hydrogen-bond acceptors (Lipinski definition) is 3. The van der Waals surface area contributed by atoms with E-state index in [0.717, 1.165) is 18.6 Å². The minimum atomic E-state index is 0.254. The Bertz CT molecular complexity index is 245. The van der Waals surface area contributed by atoms with Gasteiger partial charge >= 0.3 is 0 Å². The summed E-state index contributed by atoms with van der Waals surface area (Å²) in [6.07, 6.45) is 5.31. The maximum atomic E-state index is 3.58. The minimum Gasteiger partial charge on any atom is -0.312 e. The van der Waals surface area contributed by atoms with Crippen molar-refractivity contribution in [2.24, 2.45) is 0 Å². The minimum absolute atomic E-state index is 0.254. The summed E-state index contributed by atoms with van der Waals surface area (Å²) in [4.78, 5) is 5.07. The van der Waals surface area contributed by atoms with Crippen molar-refractivity contribution in [2.45, 2.75) is 71.0 Å². The average molecular weight is 269 g/mol. The van der Waals surface area contributed by atoms with Crippen molar-refractivity contribution in [3.63, 3.8) is 0 Å². The molecule has 0 spiro atoms. The highest BCUT2D eigenvalue weighted by atomic mass is 15.2. The van der Waals surface area contributed by atoms with Gasteiger partial charge in [-0.1, -0.05) is 0 Å². The predicted octanol–water partition coefficient (Wildman–Crippen LogP) is 2.57. The first-order chi connectivity index (χ1) is 8.79. The van der Waals surface area contributed by atoms with Crippen LogP contribution in [0, 0.1) is 0 Å². The van der Waals surface area contributed by atoms with Gasteiger partial charge in [0.15, 0.2) is 0 Å². The molecule has 0 aliphatic carbocycles. The molecule has 114 valence electrons. The van der Waals surface area contributed by atoms with Gasteiger partial charge in [0.05, 0.1) is 0 Å². The van der Waals surface area contributed by atoms with E-state index in [4.69, 9.17) is 0 Å². The lowest BCUT2D eigenvalue weighted by molar-refractivity contribution is 0.0977. The maximum absolute atomic E-state index is 3.58. The molecule has 0 saturated carbocycles. The molecule has 1 aliphatic heterocycles. The van der Waals surface area contributed by atoms with Crippen LogP contribution in [0.15, 0.2) is 0 Å². The number of rotatable bonds is 6. The highest BCUT2D eigenvalue weighted by molar-refractivity contribution is 4.81. The number of hydrogen-bond donors (Lipinski definition) is 1. The van der Waals surface area contributed by atoms with Gasteiger partial charge in [-0.3, -0.25) is 4.90 Å². The first kappa shape index (κ1) is 16.9. The van der Waals surface area contributed by atoms with Crippen LogP contribution in [0.3, 0.4) is 0 Å². The first-order valence-electron chi connectivity index (χ1n) is 7.95. The molecule has 2 atom stereocenters. The van der Waals surface area contributed by atoms with E-state index < -0.39 is 0 Å². The topological polar surface area (TPSA) is 18.5 Å². The zero-order valence-electron chi connectivity index (χ0n) is 14.0. The molecule has 1 heterocycles. The Hall–Kier alpha value is -0.120. The molecule has 1 rings (SSSR count). The van der Waals surface area contributed by atoms with Gasteiger partial charge in [-0.15, -0.1) is 0 Å². The van der Waals surface area contributed by atoms with Crippen LogP contribution in [0.25, 0.3) is 0 Å². The van der Waals surface area contributed by atoms with Crippen LogP contribution in [0.2, 0.25) is 0 Å². The number of piperidine rings is 1. The molecule has 1 saturated heterocycles. The van der Waals surface area contributed by atoms with E-state index in [1.807, 2.05) is 0 Å². The van der Waals surface area contributed by atoms with Crippen molar-refractivity contribution in [2.75, 3.05) is 33.7 Å². The molecule has 19 heavy (non-hydrogen) atoms. The molecule has 0 bridgehead atoms. The molecule has 0 aromatic heterocycles. The molecule has 0 aromatic carbocycles. The molecule has 3 nitrogen and oxygen atoms in total. The maximum Gasteiger partial charge on any atom is 0.0217 e. The van der Waals surface area contributed by atoms with Gasteiger partial charge in [0.25, 0.3) is 0 Å². The SMILES string of the molecule is CC(CCCNC(C)(C)C)N1CCCC(N(C)C)C1. The van der Waals surface area contributed by atoms with E-state index in [1.54, 1.807) is 0 Å². The number of likely N-dealkylation sites (tertiary alicyclic amines) is 1. The molecule has 0 amide bonds. The third-order valence-electron chi connectivity index (χ3n) is 4.24. The van der Waals surface area contributed by atoms with E-state index >= 15 is 0 Å². The summed E-state index contributed by atoms with van der Waals surface area (Å²) in [6.45, 7) is 12.8. The Balaban J connectivity index is 2.23. The summed E-state index contributed by atoms with van der Waals surface area (Å²) in [6, 6.07) is 1.48. The number of likely N-dealkylation sites (N-methyl/N-ethyl adjacent to an activating group) is 1. The van der Waals surface area contributed by atoms with Crippen molar-refractivity contribution in [1.29, 1.82) is 0 Å². The third-order valence-corrected chi connectivity index (χ3v) is 4.24. The Labute approximate surface area is 120 Å². The lowest BCUT2D eigenvalue weighted by Crippen LogP contribution is -2.48. The normalized spacial score (nSPS) is 23.8. The fourth-order valence-corrected chi connectivity index (χ4v) is 2.85. The fourth-order valence-electron chi connectivity index (χ4n) is 2.85. The van der Waals surface area contributed by atoms with Crippen LogP contribution in [0.5, 0.6) is 0 Å². The van der Waals surface area contributed by atoms with Crippen molar-refractivity contribution >= 4 is 0 Å². The molecular formula is C16H35N3. The van der Waals surface area contributed by atoms with Gasteiger partial charge in [0.2, 0.25) is 0 Å². The highest BCUT2D eigenvalue weighted by Gasteiger charge is 2.24. The van der Waals surface area contributed by atoms with Crippen molar-refractivity contribution in [3.05, 3.63) is 0 Å². The van der Waals surface area contributed by atoms with Crippen LogP contribution < -0.4 is 5.32 Å². The molecule has 1 fully saturated rings. The molecule has 3 heteroatoms. The van der Waals surface area contributed by atoms with Crippen molar-refractivity contribution in [1.82, 2.24) is 15.1 Å². The smallest absolute Gasteiger partial charge is 0.0217 e. The standard InChI is InChI=1S/C16H35N3/c1-14(9-7-11-17-16(2,3)4)19-12-8-10-15(13-19)18(5)6/h14-15,17H,7-13H2,1-6H3. The van der Waals surface area contributed by atoms with Crippen LogP contribution in [0.4, 0.5) is 0 Å². The Kier molecular flexibility index (Phi) is 6.78. The van der Waals surface area contributed by atoms with Crippen LogP contribution in [-0.2, 0) is 0 Å². The zero-order valence-corrected chi connectivity index (χ0v) is 14.0. The lowest BCUT2D eigenvalue weighted by atomic mass is 10.0. The summed E-state index contributed by atoms with van der Waals surface area (Å²) in [5.41, 5.74) is 0.254. The lowest BCUT2D eigenvalue weighted by Gasteiger charge is -2.39. The third kappa shape index (κ3) is 6.73. The highest BCUT2D eigenvalue weighted by Crippen LogP contribution is 2.18. The molecule has 1 N–H and O–H groups in total. The Morgan fingerprint density at radius 1 is 1.32 bits per heavy atom. The Morgan fingerprint density at radius 2 is 2.00 bits per heavy atom. The summed E-state index contributed by atoms with van der Waals surface area (Å²) < 4.78 is 0. The zero-order chi connectivity index (χ0) is 14.5. The van der Waals surface area contributed by atoms with Crippen molar-refractivity contribution in [3.8, 4) is 0 Å². The molecular weight excluding hydrogens is 234 g/mol. The molecule has 2 unspecified atom stereocenters. The van der Waals surface area contributed by atoms with E-state index in [0.29, 0.717) is 0 Å². The van der Waals surface area contributed by atoms with Crippen molar-refractivity contribution < 1.29 is 0 Å². The van der Waals surface area contributed by atoms with Crippen LogP contribution in [-0.4, -0.2) is 61.2 Å². The summed E-state index contributed by atoms with van der Waals surface area (Å²) >= 11 is 0. The average Bonchev–Trinajstić information content (AvgIpc) is 2.33.